The van der Waals surface area contributed by atoms with Gasteiger partial charge >= 0.3 is 0 Å². The van der Waals surface area contributed by atoms with Crippen LogP contribution in [0.4, 0.5) is 5.13 Å². The van der Waals surface area contributed by atoms with Crippen LogP contribution in [0.3, 0.4) is 0 Å². The number of thiazole rings is 1. The number of rotatable bonds is 6. The third kappa shape index (κ3) is 5.00. The number of hydrogen-bond acceptors (Lipinski definition) is 6. The quantitative estimate of drug-likeness (QED) is 0.378. The molecule has 1 amide bonds. The number of likely N-dealkylation sites (N-methyl/N-ethyl adjacent to an activating group) is 1. The Hall–Kier alpha value is -3.43. The van der Waals surface area contributed by atoms with Crippen LogP contribution in [0.2, 0.25) is 0 Å². The van der Waals surface area contributed by atoms with Crippen molar-refractivity contribution in [1.29, 1.82) is 0 Å². The van der Waals surface area contributed by atoms with E-state index in [0.29, 0.717) is 11.1 Å². The average Bonchev–Trinajstić information content (AvgIpc) is 3.48. The first kappa shape index (κ1) is 26.2. The van der Waals surface area contributed by atoms with Crippen molar-refractivity contribution in [2.24, 2.45) is 0 Å². The number of H-pyrrole nitrogens is 1. The van der Waals surface area contributed by atoms with Crippen LogP contribution in [-0.4, -0.2) is 58.6 Å². The molecule has 5 rings (SSSR count). The van der Waals surface area contributed by atoms with E-state index in [0.717, 1.165) is 69.5 Å². The van der Waals surface area contributed by atoms with Gasteiger partial charge in [0.1, 0.15) is 0 Å². The van der Waals surface area contributed by atoms with Gasteiger partial charge in [-0.2, -0.15) is 0 Å². The van der Waals surface area contributed by atoms with Crippen molar-refractivity contribution in [2.75, 3.05) is 38.1 Å². The lowest BCUT2D eigenvalue weighted by molar-refractivity contribution is 0.0952. The van der Waals surface area contributed by atoms with Crippen LogP contribution < -0.4 is 15.8 Å². The average molecular weight is 533 g/mol. The minimum absolute atomic E-state index is 0.162. The lowest BCUT2D eigenvalue weighted by atomic mass is 10.0. The van der Waals surface area contributed by atoms with Crippen molar-refractivity contribution in [2.45, 2.75) is 47.2 Å². The highest BCUT2D eigenvalue weighted by Gasteiger charge is 2.22. The van der Waals surface area contributed by atoms with Gasteiger partial charge in [0.15, 0.2) is 5.13 Å². The zero-order chi connectivity index (χ0) is 27.1. The summed E-state index contributed by atoms with van der Waals surface area (Å²) < 4.78 is 2.22. The summed E-state index contributed by atoms with van der Waals surface area (Å²) in [5.74, 6) is -0.190. The molecule has 2 N–H and O–H groups in total. The van der Waals surface area contributed by atoms with E-state index in [-0.39, 0.29) is 24.1 Å². The smallest absolute Gasteiger partial charge is 0.253 e. The fraction of sp³-hybridized carbons (Fsp3) is 0.414. The third-order valence-electron chi connectivity index (χ3n) is 7.40. The molecule has 38 heavy (non-hydrogen) atoms. The van der Waals surface area contributed by atoms with E-state index in [2.05, 4.69) is 57.8 Å². The van der Waals surface area contributed by atoms with E-state index < -0.39 is 0 Å². The Balaban J connectivity index is 1.53. The van der Waals surface area contributed by atoms with Gasteiger partial charge in [0.25, 0.3) is 11.5 Å². The first-order valence-corrected chi connectivity index (χ1v) is 14.0. The van der Waals surface area contributed by atoms with Crippen molar-refractivity contribution < 1.29 is 4.79 Å². The molecule has 1 saturated heterocycles. The minimum Gasteiger partial charge on any atom is -0.348 e. The summed E-state index contributed by atoms with van der Waals surface area (Å²) in [6.07, 6.45) is 4.04. The monoisotopic (exact) mass is 532 g/mol. The molecule has 0 unspecified atom stereocenters. The molecule has 0 atom stereocenters. The number of aromatic nitrogens is 3. The lowest BCUT2D eigenvalue weighted by Gasteiger charge is -2.32. The molecule has 4 aromatic rings. The molecule has 0 aliphatic carbocycles. The Morgan fingerprint density at radius 1 is 1.11 bits per heavy atom. The standard InChI is InChI=1S/C29H36N6O2S/c1-17(2)35-16-19(4)26-22(27(36)30-14-23-18(3)11-20(5)32-28(23)37)12-21(13-24(26)35)25-15-31-29(38-25)34-9-7-33(6)8-10-34/h11-13,15-17H,7-10,14H2,1-6H3,(H,30,36)(H,32,37). The van der Waals surface area contributed by atoms with Gasteiger partial charge in [-0.3, -0.25) is 9.59 Å². The zero-order valence-corrected chi connectivity index (χ0v) is 23.8. The number of aryl methyl sites for hydroxylation is 3. The van der Waals surface area contributed by atoms with Gasteiger partial charge in [-0.05, 0) is 76.6 Å². The molecular formula is C29H36N6O2S. The Bertz CT molecular complexity index is 1560. The Labute approximate surface area is 227 Å². The number of nitrogens with zero attached hydrogens (tertiary/aromatic N) is 4. The number of fused-ring (bicyclic) bond motifs is 1. The van der Waals surface area contributed by atoms with Crippen LogP contribution in [0.5, 0.6) is 0 Å². The molecule has 9 heteroatoms. The number of aromatic amines is 1. The van der Waals surface area contributed by atoms with Crippen molar-refractivity contribution >= 4 is 33.3 Å². The van der Waals surface area contributed by atoms with Gasteiger partial charge in [-0.25, -0.2) is 4.98 Å². The van der Waals surface area contributed by atoms with Crippen LogP contribution in [0.1, 0.15) is 52.6 Å². The molecule has 0 saturated carbocycles. The van der Waals surface area contributed by atoms with Crippen LogP contribution >= 0.6 is 11.3 Å². The Kier molecular flexibility index (Phi) is 7.15. The van der Waals surface area contributed by atoms with Gasteiger partial charge in [-0.15, -0.1) is 0 Å². The molecule has 0 spiro atoms. The summed E-state index contributed by atoms with van der Waals surface area (Å²) in [6, 6.07) is 6.32. The van der Waals surface area contributed by atoms with Gasteiger partial charge in [0.2, 0.25) is 0 Å². The number of amides is 1. The number of nitrogens with one attached hydrogen (secondary N) is 2. The van der Waals surface area contributed by atoms with Crippen LogP contribution in [0.25, 0.3) is 21.3 Å². The van der Waals surface area contributed by atoms with E-state index >= 15 is 0 Å². The summed E-state index contributed by atoms with van der Waals surface area (Å²) in [5, 5.41) is 4.98. The third-order valence-corrected chi connectivity index (χ3v) is 8.50. The number of piperazine rings is 1. The SMILES string of the molecule is Cc1cc(C)c(CNC(=O)c2cc(-c3cnc(N4CCN(C)CC4)s3)cc3c2c(C)cn3C(C)C)c(=O)[nH]1. The van der Waals surface area contributed by atoms with Crippen molar-refractivity contribution in [3.05, 3.63) is 68.9 Å². The summed E-state index contributed by atoms with van der Waals surface area (Å²) in [4.78, 5) is 39.5. The maximum Gasteiger partial charge on any atom is 0.253 e. The maximum absolute atomic E-state index is 13.7. The topological polar surface area (TPSA) is 86.3 Å². The molecule has 1 aliphatic rings. The highest BCUT2D eigenvalue weighted by Crippen LogP contribution is 2.37. The highest BCUT2D eigenvalue weighted by atomic mass is 32.1. The number of carbonyl (C=O) groups is 1. The molecule has 1 aliphatic heterocycles. The van der Waals surface area contributed by atoms with Crippen LogP contribution in [0.15, 0.2) is 35.4 Å². The van der Waals surface area contributed by atoms with Gasteiger partial charge in [0, 0.05) is 78.9 Å². The lowest BCUT2D eigenvalue weighted by Crippen LogP contribution is -2.44. The minimum atomic E-state index is -0.190. The summed E-state index contributed by atoms with van der Waals surface area (Å²) in [7, 11) is 2.15. The summed E-state index contributed by atoms with van der Waals surface area (Å²) in [5.41, 5.74) is 5.76. The second kappa shape index (κ2) is 10.4. The van der Waals surface area contributed by atoms with Crippen molar-refractivity contribution in [3.8, 4) is 10.4 Å². The maximum atomic E-state index is 13.7. The Morgan fingerprint density at radius 3 is 2.53 bits per heavy atom. The largest absolute Gasteiger partial charge is 0.348 e. The molecule has 0 bridgehead atoms. The van der Waals surface area contributed by atoms with Crippen LogP contribution in [0, 0.1) is 20.8 Å². The number of carbonyl (C=O) groups excluding carboxylic acids is 1. The Morgan fingerprint density at radius 2 is 1.84 bits per heavy atom. The molecular weight excluding hydrogens is 496 g/mol. The predicted molar refractivity (Wildman–Crippen MR) is 156 cm³/mol. The van der Waals surface area contributed by atoms with E-state index in [4.69, 9.17) is 4.98 Å². The molecule has 1 aromatic carbocycles. The molecule has 1 fully saturated rings. The molecule has 8 nitrogen and oxygen atoms in total. The highest BCUT2D eigenvalue weighted by molar-refractivity contribution is 7.18. The molecule has 0 radical (unpaired) electrons. The summed E-state index contributed by atoms with van der Waals surface area (Å²) in [6.45, 7) is 14.2. The zero-order valence-electron chi connectivity index (χ0n) is 23.0. The van der Waals surface area contributed by atoms with Gasteiger partial charge < -0.3 is 24.7 Å². The van der Waals surface area contributed by atoms with Crippen molar-refractivity contribution in [3.63, 3.8) is 0 Å². The second-order valence-electron chi connectivity index (χ2n) is 10.7. The van der Waals surface area contributed by atoms with E-state index in [1.54, 1.807) is 11.3 Å². The van der Waals surface area contributed by atoms with E-state index in [1.807, 2.05) is 39.1 Å². The molecule has 200 valence electrons. The normalized spacial score (nSPS) is 14.6. The van der Waals surface area contributed by atoms with Crippen LogP contribution in [-0.2, 0) is 6.54 Å². The fourth-order valence-electron chi connectivity index (χ4n) is 5.24. The van der Waals surface area contributed by atoms with Gasteiger partial charge in [0.05, 0.1) is 4.88 Å². The van der Waals surface area contributed by atoms with E-state index in [1.165, 1.54) is 0 Å². The van der Waals surface area contributed by atoms with Crippen molar-refractivity contribution in [1.82, 2.24) is 24.8 Å². The number of anilines is 1. The first-order valence-electron chi connectivity index (χ1n) is 13.1. The first-order chi connectivity index (χ1) is 18.1. The van der Waals surface area contributed by atoms with Gasteiger partial charge in [-0.1, -0.05) is 11.3 Å². The number of benzene rings is 1. The summed E-state index contributed by atoms with van der Waals surface area (Å²) >= 11 is 1.67. The van der Waals surface area contributed by atoms with E-state index in [9.17, 15) is 9.59 Å². The molecule has 4 heterocycles. The second-order valence-corrected chi connectivity index (χ2v) is 11.7. The fourth-order valence-corrected chi connectivity index (χ4v) is 6.20. The number of pyridine rings is 1. The number of hydrogen-bond donors (Lipinski definition) is 2. The predicted octanol–water partition coefficient (Wildman–Crippen LogP) is 4.64. The molecule has 3 aromatic heterocycles.